The van der Waals surface area contributed by atoms with Gasteiger partial charge in [0.2, 0.25) is 0 Å². The summed E-state index contributed by atoms with van der Waals surface area (Å²) in [5.74, 6) is 0. The van der Waals surface area contributed by atoms with E-state index in [9.17, 15) is 0 Å². The summed E-state index contributed by atoms with van der Waals surface area (Å²) in [6.45, 7) is 0. The van der Waals surface area contributed by atoms with E-state index in [1.807, 2.05) is 11.8 Å². The highest BCUT2D eigenvalue weighted by Gasteiger charge is 2.50. The molecule has 0 unspecified atom stereocenters. The molecule has 0 fully saturated rings. The molecule has 2 aliphatic rings. The summed E-state index contributed by atoms with van der Waals surface area (Å²) >= 11 is 1.91. The van der Waals surface area contributed by atoms with E-state index in [0.29, 0.717) is 0 Å². The van der Waals surface area contributed by atoms with Gasteiger partial charge in [0.15, 0.2) is 0 Å². The third-order valence-corrected chi connectivity index (χ3v) is 13.1. The van der Waals surface area contributed by atoms with Gasteiger partial charge in [-0.1, -0.05) is 176 Å². The summed E-state index contributed by atoms with van der Waals surface area (Å²) in [5.41, 5.74) is 16.0. The van der Waals surface area contributed by atoms with Crippen LogP contribution in [0.5, 0.6) is 0 Å². The van der Waals surface area contributed by atoms with E-state index in [1.54, 1.807) is 0 Å². The minimum Gasteiger partial charge on any atom is -0.309 e. The summed E-state index contributed by atoms with van der Waals surface area (Å²) in [4.78, 5) is 2.63. The van der Waals surface area contributed by atoms with E-state index in [0.717, 1.165) is 5.69 Å². The number of hydrogen-bond donors (Lipinski definition) is 0. The van der Waals surface area contributed by atoms with Gasteiger partial charge in [-0.3, -0.25) is 0 Å². The first-order valence-corrected chi connectivity index (χ1v) is 19.8. The van der Waals surface area contributed by atoms with Gasteiger partial charge in [-0.2, -0.15) is 0 Å². The molecule has 1 nitrogen and oxygen atoms in total. The molecular weight excluding hydrogens is 683 g/mol. The van der Waals surface area contributed by atoms with Gasteiger partial charge >= 0.3 is 0 Å². The second-order valence-electron chi connectivity index (χ2n) is 14.8. The molecule has 0 bridgehead atoms. The molecule has 0 saturated heterocycles. The van der Waals surface area contributed by atoms with E-state index in [1.165, 1.54) is 98.0 Å². The lowest BCUT2D eigenvalue weighted by atomic mass is 9.67. The van der Waals surface area contributed by atoms with Crippen LogP contribution in [-0.2, 0) is 5.41 Å². The first kappa shape index (κ1) is 30.8. The van der Waals surface area contributed by atoms with Crippen molar-refractivity contribution < 1.29 is 0 Å². The van der Waals surface area contributed by atoms with E-state index in [2.05, 4.69) is 205 Å². The van der Waals surface area contributed by atoms with Crippen LogP contribution in [0.4, 0.5) is 0 Å². The molecule has 256 valence electrons. The predicted molar refractivity (Wildman–Crippen MR) is 231 cm³/mol. The number of aromatic nitrogens is 1. The molecule has 1 aliphatic carbocycles. The molecule has 1 aliphatic heterocycles. The van der Waals surface area contributed by atoms with Gasteiger partial charge in [-0.15, -0.1) is 0 Å². The number of rotatable bonds is 3. The highest BCUT2D eigenvalue weighted by atomic mass is 32.2. The predicted octanol–water partition coefficient (Wildman–Crippen LogP) is 14.1. The average Bonchev–Trinajstić information content (AvgIpc) is 3.74. The number of fused-ring (bicyclic) bond motifs is 14. The summed E-state index contributed by atoms with van der Waals surface area (Å²) in [7, 11) is 0. The van der Waals surface area contributed by atoms with Gasteiger partial charge in [0.25, 0.3) is 0 Å². The molecule has 2 heteroatoms. The molecule has 1 spiro atoms. The Morgan fingerprint density at radius 1 is 0.364 bits per heavy atom. The second kappa shape index (κ2) is 11.7. The Hall–Kier alpha value is -6.61. The summed E-state index contributed by atoms with van der Waals surface area (Å²) in [6.07, 6.45) is 0. The minimum atomic E-state index is -0.455. The fourth-order valence-electron chi connectivity index (χ4n) is 9.73. The summed E-state index contributed by atoms with van der Waals surface area (Å²) in [5, 5.41) is 5.03. The fourth-order valence-corrected chi connectivity index (χ4v) is 10.9. The fraction of sp³-hybridized carbons (Fsp3) is 0.0189. The Labute approximate surface area is 324 Å². The smallest absolute Gasteiger partial charge is 0.0736 e. The normalized spacial score (nSPS) is 13.5. The van der Waals surface area contributed by atoms with Gasteiger partial charge in [0.1, 0.15) is 0 Å². The van der Waals surface area contributed by atoms with Gasteiger partial charge in [-0.05, 0) is 97.4 Å². The van der Waals surface area contributed by atoms with Crippen LogP contribution in [0, 0.1) is 0 Å². The van der Waals surface area contributed by atoms with Crippen LogP contribution in [0.15, 0.2) is 210 Å². The number of benzene rings is 9. The SMILES string of the molecule is c1ccc(-c2cc(-c3ccccc3)cc(-n3c4cc5c(cc4c4ccc6ccccc6c43)Sc3ccccc3C53c4ccccc4-c4ccccc43)c2)cc1. The van der Waals surface area contributed by atoms with Gasteiger partial charge in [0, 0.05) is 31.6 Å². The molecule has 9 aromatic carbocycles. The monoisotopic (exact) mass is 715 g/mol. The zero-order chi connectivity index (χ0) is 36.1. The van der Waals surface area contributed by atoms with E-state index in [-0.39, 0.29) is 0 Å². The molecule has 10 aromatic rings. The van der Waals surface area contributed by atoms with Crippen molar-refractivity contribution in [1.82, 2.24) is 4.57 Å². The van der Waals surface area contributed by atoms with Crippen molar-refractivity contribution in [1.29, 1.82) is 0 Å². The van der Waals surface area contributed by atoms with Crippen LogP contribution in [0.2, 0.25) is 0 Å². The molecule has 0 atom stereocenters. The maximum atomic E-state index is 2.57. The lowest BCUT2D eigenvalue weighted by Crippen LogP contribution is -2.32. The first-order valence-electron chi connectivity index (χ1n) is 19.0. The molecule has 55 heavy (non-hydrogen) atoms. The zero-order valence-corrected chi connectivity index (χ0v) is 30.7. The Balaban J connectivity index is 1.25. The largest absolute Gasteiger partial charge is 0.309 e. The van der Waals surface area contributed by atoms with Crippen LogP contribution in [0.1, 0.15) is 22.3 Å². The van der Waals surface area contributed by atoms with Crippen molar-refractivity contribution in [2.75, 3.05) is 0 Å². The quantitative estimate of drug-likeness (QED) is 0.176. The van der Waals surface area contributed by atoms with Crippen LogP contribution in [0.3, 0.4) is 0 Å². The molecule has 0 N–H and O–H groups in total. The standard InChI is InChI=1S/C53H33NS/c1-3-15-34(16-4-1)37-29-38(35-17-5-2-6-18-35)31-39(30-37)54-49-33-48-51(32-44(49)43-28-27-36-19-7-8-20-40(36)52(43)54)55-50-26-14-13-25-47(50)53(48)45-23-11-9-21-41(45)42-22-10-12-24-46(42)53/h1-33H. The lowest BCUT2D eigenvalue weighted by Gasteiger charge is -2.39. The molecule has 12 rings (SSSR count). The number of hydrogen-bond acceptors (Lipinski definition) is 1. The van der Waals surface area contributed by atoms with Crippen molar-refractivity contribution >= 4 is 44.3 Å². The third-order valence-electron chi connectivity index (χ3n) is 12.0. The van der Waals surface area contributed by atoms with Crippen molar-refractivity contribution in [2.24, 2.45) is 0 Å². The summed E-state index contributed by atoms with van der Waals surface area (Å²) in [6, 6.07) is 74.6. The Bertz CT molecular complexity index is 3070. The van der Waals surface area contributed by atoms with Gasteiger partial charge < -0.3 is 4.57 Å². The van der Waals surface area contributed by atoms with Crippen LogP contribution < -0.4 is 0 Å². The Kier molecular flexibility index (Phi) is 6.55. The molecule has 0 radical (unpaired) electrons. The minimum absolute atomic E-state index is 0.455. The van der Waals surface area contributed by atoms with Crippen LogP contribution in [-0.4, -0.2) is 4.57 Å². The maximum Gasteiger partial charge on any atom is 0.0736 e. The van der Waals surface area contributed by atoms with E-state index >= 15 is 0 Å². The van der Waals surface area contributed by atoms with Crippen LogP contribution in [0.25, 0.3) is 71.6 Å². The van der Waals surface area contributed by atoms with Crippen molar-refractivity contribution in [2.45, 2.75) is 15.2 Å². The second-order valence-corrected chi connectivity index (χ2v) is 15.9. The van der Waals surface area contributed by atoms with Crippen molar-refractivity contribution in [3.05, 3.63) is 222 Å². The molecular formula is C53H33NS. The van der Waals surface area contributed by atoms with Gasteiger partial charge in [0.05, 0.1) is 16.4 Å². The van der Waals surface area contributed by atoms with Crippen molar-refractivity contribution in [3.8, 4) is 39.1 Å². The maximum absolute atomic E-state index is 2.57. The zero-order valence-electron chi connectivity index (χ0n) is 29.9. The highest BCUT2D eigenvalue weighted by Crippen LogP contribution is 2.62. The third kappa shape index (κ3) is 4.32. The van der Waals surface area contributed by atoms with Crippen LogP contribution >= 0.6 is 11.8 Å². The molecule has 1 aromatic heterocycles. The van der Waals surface area contributed by atoms with Gasteiger partial charge in [-0.25, -0.2) is 0 Å². The molecule has 0 saturated carbocycles. The topological polar surface area (TPSA) is 4.93 Å². The van der Waals surface area contributed by atoms with Crippen molar-refractivity contribution in [3.63, 3.8) is 0 Å². The van der Waals surface area contributed by atoms with E-state index in [4.69, 9.17) is 0 Å². The first-order chi connectivity index (χ1) is 27.3. The lowest BCUT2D eigenvalue weighted by molar-refractivity contribution is 0.724. The average molecular weight is 716 g/mol. The Morgan fingerprint density at radius 2 is 0.945 bits per heavy atom. The molecule has 2 heterocycles. The van der Waals surface area contributed by atoms with E-state index < -0.39 is 5.41 Å². The summed E-state index contributed by atoms with van der Waals surface area (Å²) < 4.78 is 2.57. The molecule has 0 amide bonds. The Morgan fingerprint density at radius 3 is 1.64 bits per heavy atom. The highest BCUT2D eigenvalue weighted by molar-refractivity contribution is 7.99. The number of nitrogens with zero attached hydrogens (tertiary/aromatic N) is 1.